The molecule has 0 radical (unpaired) electrons. The van der Waals surface area contributed by atoms with Crippen molar-refractivity contribution in [1.29, 1.82) is 0 Å². The van der Waals surface area contributed by atoms with Crippen molar-refractivity contribution < 1.29 is 18.0 Å². The fraction of sp³-hybridized carbons (Fsp3) is 0.471. The summed E-state index contributed by atoms with van der Waals surface area (Å²) in [6.07, 6.45) is 0.0265. The maximum Gasteiger partial charge on any atom is 0.416 e. The summed E-state index contributed by atoms with van der Waals surface area (Å²) < 4.78 is 40.4. The molecule has 0 aliphatic rings. The quantitative estimate of drug-likeness (QED) is 0.813. The van der Waals surface area contributed by atoms with Crippen LogP contribution in [0.3, 0.4) is 0 Å². The molecule has 1 heterocycles. The number of benzene rings is 1. The number of halogens is 3. The number of hydrogen-bond acceptors (Lipinski definition) is 4. The molecule has 9 heteroatoms. The lowest BCUT2D eigenvalue weighted by Gasteiger charge is -2.24. The Labute approximate surface area is 150 Å². The van der Waals surface area contributed by atoms with E-state index in [4.69, 9.17) is 0 Å². The fourth-order valence-corrected chi connectivity index (χ4v) is 2.56. The zero-order valence-electron chi connectivity index (χ0n) is 14.9. The molecule has 0 bridgehead atoms. The van der Waals surface area contributed by atoms with E-state index in [0.29, 0.717) is 5.69 Å². The molecule has 0 saturated carbocycles. The van der Waals surface area contributed by atoms with Gasteiger partial charge in [-0.15, -0.1) is 0 Å². The van der Waals surface area contributed by atoms with E-state index in [9.17, 15) is 18.0 Å². The molecular weight excluding hydrogens is 347 g/mol. The Morgan fingerprint density at radius 3 is 2.69 bits per heavy atom. The molecule has 0 spiro atoms. The summed E-state index contributed by atoms with van der Waals surface area (Å²) >= 11 is 0. The Morgan fingerprint density at radius 1 is 1.38 bits per heavy atom. The van der Waals surface area contributed by atoms with Crippen molar-refractivity contribution in [1.82, 2.24) is 19.7 Å². The van der Waals surface area contributed by atoms with Gasteiger partial charge in [-0.2, -0.15) is 18.3 Å². The monoisotopic (exact) mass is 369 g/mol. The minimum atomic E-state index is -4.51. The van der Waals surface area contributed by atoms with E-state index in [2.05, 4.69) is 22.3 Å². The van der Waals surface area contributed by atoms with Crippen LogP contribution < -0.4 is 5.32 Å². The summed E-state index contributed by atoms with van der Waals surface area (Å²) in [6.45, 7) is 4.13. The molecule has 1 amide bonds. The van der Waals surface area contributed by atoms with Crippen LogP contribution in [-0.4, -0.2) is 45.2 Å². The van der Waals surface area contributed by atoms with Crippen LogP contribution in [0.4, 0.5) is 18.9 Å². The van der Waals surface area contributed by atoms with Crippen LogP contribution in [-0.2, 0) is 11.0 Å². The lowest BCUT2D eigenvalue weighted by Crippen LogP contribution is -2.36. The normalized spacial score (nSPS) is 13.0. The first kappa shape index (κ1) is 19.9. The Kier molecular flexibility index (Phi) is 6.36. The molecule has 1 N–H and O–H groups in total. The van der Waals surface area contributed by atoms with Gasteiger partial charge in [0.25, 0.3) is 0 Å². The first-order chi connectivity index (χ1) is 12.2. The molecule has 26 heavy (non-hydrogen) atoms. The third-order valence-electron chi connectivity index (χ3n) is 4.12. The summed E-state index contributed by atoms with van der Waals surface area (Å²) in [5.41, 5.74) is -0.496. The van der Waals surface area contributed by atoms with Crippen LogP contribution in [0.1, 0.15) is 32.3 Å². The summed E-state index contributed by atoms with van der Waals surface area (Å²) in [7, 11) is 1.81. The maximum atomic E-state index is 13.0. The highest BCUT2D eigenvalue weighted by Crippen LogP contribution is 2.33. The summed E-state index contributed by atoms with van der Waals surface area (Å²) in [5, 5.41) is 6.49. The minimum absolute atomic E-state index is 0.0341. The number of carbonyl (C=O) groups excluding carboxylic acids is 1. The Morgan fingerprint density at radius 2 is 2.12 bits per heavy atom. The van der Waals surface area contributed by atoms with E-state index < -0.39 is 17.6 Å². The van der Waals surface area contributed by atoms with E-state index in [1.165, 1.54) is 23.4 Å². The van der Waals surface area contributed by atoms with Gasteiger partial charge in [0.15, 0.2) is 0 Å². The number of amides is 1. The van der Waals surface area contributed by atoms with Crippen molar-refractivity contribution in [3.63, 3.8) is 0 Å². The third kappa shape index (κ3) is 5.04. The molecule has 1 unspecified atom stereocenters. The standard InChI is InChI=1S/C17H22F3N5O/c1-4-5-12(2)24(3)9-16(26)23-14-8-13(17(18,19)20)6-7-15(14)25-11-21-10-22-25/h6-8,10-12H,4-5,9H2,1-3H3,(H,23,26). The molecule has 1 atom stereocenters. The van der Waals surface area contributed by atoms with Crippen LogP contribution in [0.2, 0.25) is 0 Å². The van der Waals surface area contributed by atoms with E-state index in [-0.39, 0.29) is 18.3 Å². The zero-order valence-corrected chi connectivity index (χ0v) is 14.9. The number of carbonyl (C=O) groups is 1. The van der Waals surface area contributed by atoms with Gasteiger partial charge in [-0.25, -0.2) is 9.67 Å². The highest BCUT2D eigenvalue weighted by atomic mass is 19.4. The molecule has 6 nitrogen and oxygen atoms in total. The number of hydrogen-bond donors (Lipinski definition) is 1. The second kappa shape index (κ2) is 8.31. The summed E-state index contributed by atoms with van der Waals surface area (Å²) in [6, 6.07) is 3.31. The van der Waals surface area contributed by atoms with Crippen LogP contribution >= 0.6 is 0 Å². The zero-order chi connectivity index (χ0) is 19.3. The highest BCUT2D eigenvalue weighted by Gasteiger charge is 2.31. The van der Waals surface area contributed by atoms with Gasteiger partial charge in [0.2, 0.25) is 5.91 Å². The molecule has 1 aromatic carbocycles. The average Bonchev–Trinajstić information content (AvgIpc) is 3.08. The number of rotatable bonds is 7. The van der Waals surface area contributed by atoms with E-state index in [1.54, 1.807) is 0 Å². The number of nitrogens with zero attached hydrogens (tertiary/aromatic N) is 4. The minimum Gasteiger partial charge on any atom is -0.323 e. The molecule has 0 saturated heterocycles. The molecular formula is C17H22F3N5O. The van der Waals surface area contributed by atoms with Gasteiger partial charge in [0.05, 0.1) is 23.5 Å². The van der Waals surface area contributed by atoms with E-state index >= 15 is 0 Å². The third-order valence-corrected chi connectivity index (χ3v) is 4.12. The number of alkyl halides is 3. The van der Waals surface area contributed by atoms with Crippen LogP contribution in [0.25, 0.3) is 5.69 Å². The predicted octanol–water partition coefficient (Wildman–Crippen LogP) is 3.35. The molecule has 0 aliphatic carbocycles. The van der Waals surface area contributed by atoms with Crippen molar-refractivity contribution in [2.75, 3.05) is 18.9 Å². The van der Waals surface area contributed by atoms with Crippen molar-refractivity contribution in [3.05, 3.63) is 36.4 Å². The lowest BCUT2D eigenvalue weighted by atomic mass is 10.1. The van der Waals surface area contributed by atoms with Crippen molar-refractivity contribution in [3.8, 4) is 5.69 Å². The van der Waals surface area contributed by atoms with Gasteiger partial charge in [0, 0.05) is 6.04 Å². The second-order valence-electron chi connectivity index (χ2n) is 6.17. The topological polar surface area (TPSA) is 63.1 Å². The van der Waals surface area contributed by atoms with E-state index in [0.717, 1.165) is 25.0 Å². The molecule has 2 aromatic rings. The highest BCUT2D eigenvalue weighted by molar-refractivity contribution is 5.94. The largest absolute Gasteiger partial charge is 0.416 e. The predicted molar refractivity (Wildman–Crippen MR) is 92.0 cm³/mol. The number of likely N-dealkylation sites (N-methyl/N-ethyl adjacent to an activating group) is 1. The van der Waals surface area contributed by atoms with Crippen molar-refractivity contribution in [2.45, 2.75) is 38.9 Å². The molecule has 0 fully saturated rings. The molecule has 1 aromatic heterocycles. The van der Waals surface area contributed by atoms with Gasteiger partial charge >= 0.3 is 6.18 Å². The summed E-state index contributed by atoms with van der Waals surface area (Å²) in [5.74, 6) is -0.392. The first-order valence-corrected chi connectivity index (χ1v) is 8.28. The maximum absolute atomic E-state index is 13.0. The van der Waals surface area contributed by atoms with Crippen molar-refractivity contribution in [2.24, 2.45) is 0 Å². The van der Waals surface area contributed by atoms with Crippen LogP contribution in [0.5, 0.6) is 0 Å². The number of anilines is 1. The smallest absolute Gasteiger partial charge is 0.323 e. The van der Waals surface area contributed by atoms with Crippen molar-refractivity contribution >= 4 is 11.6 Å². The SMILES string of the molecule is CCCC(C)N(C)CC(=O)Nc1cc(C(F)(F)F)ccc1-n1cncn1. The van der Waals surface area contributed by atoms with Crippen LogP contribution in [0.15, 0.2) is 30.9 Å². The Balaban J connectivity index is 2.24. The van der Waals surface area contributed by atoms with Crippen LogP contribution in [0, 0.1) is 0 Å². The van der Waals surface area contributed by atoms with Gasteiger partial charge in [0.1, 0.15) is 12.7 Å². The molecule has 2 rings (SSSR count). The molecule has 0 aliphatic heterocycles. The van der Waals surface area contributed by atoms with Gasteiger partial charge in [-0.05, 0) is 38.6 Å². The van der Waals surface area contributed by atoms with Gasteiger partial charge in [-0.3, -0.25) is 9.69 Å². The Hall–Kier alpha value is -2.42. The second-order valence-corrected chi connectivity index (χ2v) is 6.17. The average molecular weight is 369 g/mol. The van der Waals surface area contributed by atoms with Gasteiger partial charge in [-0.1, -0.05) is 13.3 Å². The van der Waals surface area contributed by atoms with E-state index in [1.807, 2.05) is 18.9 Å². The van der Waals surface area contributed by atoms with Gasteiger partial charge < -0.3 is 5.32 Å². The number of aromatic nitrogens is 3. The number of nitrogens with one attached hydrogen (secondary N) is 1. The Bertz CT molecular complexity index is 730. The first-order valence-electron chi connectivity index (χ1n) is 8.28. The fourth-order valence-electron chi connectivity index (χ4n) is 2.56. The molecule has 142 valence electrons. The summed E-state index contributed by atoms with van der Waals surface area (Å²) in [4.78, 5) is 18.0. The lowest BCUT2D eigenvalue weighted by molar-refractivity contribution is -0.137.